The molecule has 0 bridgehead atoms. The van der Waals surface area contributed by atoms with E-state index in [2.05, 4.69) is 32.9 Å². The number of aromatic nitrogens is 1. The second kappa shape index (κ2) is 4.85. The first-order valence-corrected chi connectivity index (χ1v) is 5.83. The largest absolute Gasteiger partial charge is 0.317 e. The van der Waals surface area contributed by atoms with Gasteiger partial charge in [0, 0.05) is 3.57 Å². The van der Waals surface area contributed by atoms with Gasteiger partial charge in [0.25, 0.3) is 0 Å². The van der Waals surface area contributed by atoms with E-state index in [1.807, 2.05) is 13.0 Å². The van der Waals surface area contributed by atoms with Crippen molar-refractivity contribution in [1.29, 1.82) is 0 Å². The molecule has 1 aromatic rings. The van der Waals surface area contributed by atoms with Gasteiger partial charge in [0.05, 0.1) is 11.2 Å². The zero-order valence-corrected chi connectivity index (χ0v) is 11.8. The summed E-state index contributed by atoms with van der Waals surface area (Å²) in [7, 11) is 0. The Bertz CT molecular complexity index is 421. The second-order valence-corrected chi connectivity index (χ2v) is 5.04. The summed E-state index contributed by atoms with van der Waals surface area (Å²) < 4.78 is 1.08. The summed E-state index contributed by atoms with van der Waals surface area (Å²) in [6.07, 6.45) is 1.53. The molecule has 6 heteroatoms. The molecule has 0 unspecified atom stereocenters. The number of anilines is 1. The Morgan fingerprint density at radius 3 is 2.69 bits per heavy atom. The third kappa shape index (κ3) is 2.83. The molecule has 1 amide bonds. The van der Waals surface area contributed by atoms with Crippen molar-refractivity contribution >= 4 is 46.7 Å². The molecule has 1 aliphatic carbocycles. The van der Waals surface area contributed by atoms with Gasteiger partial charge in [-0.1, -0.05) is 0 Å². The molecule has 0 spiro atoms. The number of nitrogens with zero attached hydrogens (tertiary/aromatic N) is 1. The molecule has 3 N–H and O–H groups in total. The molecule has 0 aliphatic heterocycles. The highest BCUT2D eigenvalue weighted by Crippen LogP contribution is 2.33. The lowest BCUT2D eigenvalue weighted by Gasteiger charge is -2.09. The molecule has 1 fully saturated rings. The minimum Gasteiger partial charge on any atom is -0.317 e. The number of carbonyl (C=O) groups excluding carboxylic acids is 1. The molecule has 1 aliphatic rings. The highest BCUT2D eigenvalue weighted by molar-refractivity contribution is 14.1. The summed E-state index contributed by atoms with van der Waals surface area (Å²) in [6.45, 7) is 1.91. The minimum atomic E-state index is -0.640. The number of pyridine rings is 1. The number of hydrogen-bond acceptors (Lipinski definition) is 3. The Hall–Kier alpha value is -0.400. The number of halogens is 2. The predicted molar refractivity (Wildman–Crippen MR) is 73.7 cm³/mol. The number of nitrogens with one attached hydrogen (secondary N) is 1. The average Bonchev–Trinajstić information content (AvgIpc) is 2.92. The smallest absolute Gasteiger partial charge is 0.245 e. The summed E-state index contributed by atoms with van der Waals surface area (Å²) in [6, 6.07) is 3.72. The first kappa shape index (κ1) is 13.7. The van der Waals surface area contributed by atoms with Crippen molar-refractivity contribution in [2.24, 2.45) is 5.73 Å². The summed E-state index contributed by atoms with van der Waals surface area (Å²) in [4.78, 5) is 15.9. The van der Waals surface area contributed by atoms with Crippen LogP contribution in [0.3, 0.4) is 0 Å². The highest BCUT2D eigenvalue weighted by atomic mass is 127. The monoisotopic (exact) mass is 353 g/mol. The molecule has 16 heavy (non-hydrogen) atoms. The fourth-order valence-corrected chi connectivity index (χ4v) is 1.52. The summed E-state index contributed by atoms with van der Waals surface area (Å²) in [5.74, 6) is 0.449. The van der Waals surface area contributed by atoms with Crippen molar-refractivity contribution < 1.29 is 4.79 Å². The number of aryl methyl sites for hydroxylation is 1. The lowest BCUT2D eigenvalue weighted by Crippen LogP contribution is -2.38. The zero-order valence-electron chi connectivity index (χ0n) is 8.79. The SMILES string of the molecule is Cc1nc(NC(=O)C2(N)CC2)ccc1I.Cl. The van der Waals surface area contributed by atoms with Crippen molar-refractivity contribution in [3.63, 3.8) is 0 Å². The highest BCUT2D eigenvalue weighted by Gasteiger charge is 2.46. The fraction of sp³-hybridized carbons (Fsp3) is 0.400. The number of carbonyl (C=O) groups is 1. The summed E-state index contributed by atoms with van der Waals surface area (Å²) in [5.41, 5.74) is 6.04. The van der Waals surface area contributed by atoms with Crippen LogP contribution in [-0.2, 0) is 4.79 Å². The quantitative estimate of drug-likeness (QED) is 0.797. The fourth-order valence-electron chi connectivity index (χ4n) is 1.22. The van der Waals surface area contributed by atoms with E-state index in [0.29, 0.717) is 5.82 Å². The average molecular weight is 354 g/mol. The lowest BCUT2D eigenvalue weighted by atomic mass is 10.2. The van der Waals surface area contributed by atoms with Crippen molar-refractivity contribution in [3.05, 3.63) is 21.4 Å². The minimum absolute atomic E-state index is 0. The van der Waals surface area contributed by atoms with Crippen LogP contribution in [0.2, 0.25) is 0 Å². The third-order valence-corrected chi connectivity index (χ3v) is 3.64. The van der Waals surface area contributed by atoms with Crippen LogP contribution >= 0.6 is 35.0 Å². The van der Waals surface area contributed by atoms with Gasteiger partial charge in [0.1, 0.15) is 5.82 Å². The molecule has 0 saturated heterocycles. The van der Waals surface area contributed by atoms with Gasteiger partial charge >= 0.3 is 0 Å². The van der Waals surface area contributed by atoms with E-state index < -0.39 is 5.54 Å². The molecule has 1 saturated carbocycles. The molecule has 1 aromatic heterocycles. The van der Waals surface area contributed by atoms with E-state index in [1.54, 1.807) is 6.07 Å². The Morgan fingerprint density at radius 2 is 2.19 bits per heavy atom. The van der Waals surface area contributed by atoms with Crippen LogP contribution in [-0.4, -0.2) is 16.4 Å². The van der Waals surface area contributed by atoms with E-state index in [0.717, 1.165) is 22.1 Å². The van der Waals surface area contributed by atoms with Gasteiger partial charge in [-0.05, 0) is 54.5 Å². The number of nitrogens with two attached hydrogens (primary N) is 1. The number of rotatable bonds is 2. The van der Waals surface area contributed by atoms with E-state index in [-0.39, 0.29) is 18.3 Å². The van der Waals surface area contributed by atoms with Gasteiger partial charge in [-0.3, -0.25) is 4.79 Å². The van der Waals surface area contributed by atoms with Gasteiger partial charge in [-0.25, -0.2) is 4.98 Å². The van der Waals surface area contributed by atoms with Crippen LogP contribution in [0.1, 0.15) is 18.5 Å². The number of hydrogen-bond donors (Lipinski definition) is 2. The first-order chi connectivity index (χ1) is 7.01. The van der Waals surface area contributed by atoms with Gasteiger partial charge in [0.2, 0.25) is 5.91 Å². The van der Waals surface area contributed by atoms with Gasteiger partial charge < -0.3 is 11.1 Å². The van der Waals surface area contributed by atoms with E-state index in [4.69, 9.17) is 5.73 Å². The molecule has 88 valence electrons. The molecule has 1 heterocycles. The molecule has 0 radical (unpaired) electrons. The van der Waals surface area contributed by atoms with Crippen LogP contribution in [0.25, 0.3) is 0 Å². The van der Waals surface area contributed by atoms with E-state index >= 15 is 0 Å². The first-order valence-electron chi connectivity index (χ1n) is 4.75. The maximum atomic E-state index is 11.6. The summed E-state index contributed by atoms with van der Waals surface area (Å²) >= 11 is 2.20. The molecule has 0 aromatic carbocycles. The Kier molecular flexibility index (Phi) is 4.14. The van der Waals surface area contributed by atoms with E-state index in [9.17, 15) is 4.79 Å². The summed E-state index contributed by atoms with van der Waals surface area (Å²) in [5, 5.41) is 2.73. The van der Waals surface area contributed by atoms with Crippen LogP contribution in [0.4, 0.5) is 5.82 Å². The van der Waals surface area contributed by atoms with Crippen LogP contribution in [0.5, 0.6) is 0 Å². The van der Waals surface area contributed by atoms with Crippen LogP contribution < -0.4 is 11.1 Å². The Labute approximate surface area is 114 Å². The third-order valence-electron chi connectivity index (χ3n) is 2.50. The van der Waals surface area contributed by atoms with Crippen molar-refractivity contribution in [2.75, 3.05) is 5.32 Å². The van der Waals surface area contributed by atoms with Crippen LogP contribution in [0, 0.1) is 10.5 Å². The second-order valence-electron chi connectivity index (χ2n) is 3.87. The Morgan fingerprint density at radius 1 is 1.56 bits per heavy atom. The van der Waals surface area contributed by atoms with Gasteiger partial charge in [-0.15, -0.1) is 12.4 Å². The van der Waals surface area contributed by atoms with Crippen molar-refractivity contribution in [2.45, 2.75) is 25.3 Å². The molecular weight excluding hydrogens is 340 g/mol. The lowest BCUT2D eigenvalue weighted by molar-refractivity contribution is -0.118. The molecule has 0 atom stereocenters. The van der Waals surface area contributed by atoms with E-state index in [1.165, 1.54) is 0 Å². The van der Waals surface area contributed by atoms with Crippen molar-refractivity contribution in [1.82, 2.24) is 4.98 Å². The standard InChI is InChI=1S/C10H12IN3O.ClH/c1-6-7(11)2-3-8(13-6)14-9(15)10(12)4-5-10;/h2-3H,4-5,12H2,1H3,(H,13,14,15);1H. The molecule has 2 rings (SSSR count). The topological polar surface area (TPSA) is 68.0 Å². The normalized spacial score (nSPS) is 16.2. The van der Waals surface area contributed by atoms with Crippen LogP contribution in [0.15, 0.2) is 12.1 Å². The molecule has 4 nitrogen and oxygen atoms in total. The maximum Gasteiger partial charge on any atom is 0.245 e. The molecular formula is C10H13ClIN3O. The zero-order chi connectivity index (χ0) is 11.1. The Balaban J connectivity index is 0.00000128. The number of amides is 1. The maximum absolute atomic E-state index is 11.6. The van der Waals surface area contributed by atoms with Gasteiger partial charge in [0.15, 0.2) is 0 Å². The predicted octanol–water partition coefficient (Wildman–Crippen LogP) is 1.85. The van der Waals surface area contributed by atoms with Crippen molar-refractivity contribution in [3.8, 4) is 0 Å². The van der Waals surface area contributed by atoms with Gasteiger partial charge in [-0.2, -0.15) is 0 Å².